The number of benzene rings is 1. The van der Waals surface area contributed by atoms with E-state index in [-0.39, 0.29) is 30.6 Å². The molecule has 0 saturated carbocycles. The van der Waals surface area contributed by atoms with Crippen molar-refractivity contribution < 1.29 is 17.9 Å². The fraction of sp³-hybridized carbons (Fsp3) is 0.333. The highest BCUT2D eigenvalue weighted by Crippen LogP contribution is 2.27. The lowest BCUT2D eigenvalue weighted by Crippen LogP contribution is -2.19. The van der Waals surface area contributed by atoms with Crippen LogP contribution >= 0.6 is 36.6 Å². The van der Waals surface area contributed by atoms with E-state index in [1.54, 1.807) is 6.92 Å². The number of hydrogen-bond acceptors (Lipinski definition) is 4. The smallest absolute Gasteiger partial charge is 0.422 e. The summed E-state index contributed by atoms with van der Waals surface area (Å²) in [4.78, 5) is 8.65. The zero-order chi connectivity index (χ0) is 19.3. The predicted octanol–water partition coefficient (Wildman–Crippen LogP) is 5.67. The summed E-state index contributed by atoms with van der Waals surface area (Å²) in [6.45, 7) is 4.25. The second-order valence-corrected chi connectivity index (χ2v) is 6.76. The van der Waals surface area contributed by atoms with Crippen LogP contribution in [0, 0.1) is 20.8 Å². The van der Waals surface area contributed by atoms with Crippen molar-refractivity contribution in [2.75, 3.05) is 6.61 Å². The van der Waals surface area contributed by atoms with Crippen LogP contribution in [-0.2, 0) is 5.75 Å². The van der Waals surface area contributed by atoms with Gasteiger partial charge >= 0.3 is 6.18 Å². The molecule has 1 aromatic carbocycles. The number of ether oxygens (including phenoxy) is 1. The van der Waals surface area contributed by atoms with E-state index in [9.17, 15) is 13.2 Å². The molecule has 0 unspecified atom stereocenters. The molecule has 2 aromatic rings. The molecule has 4 nitrogen and oxygen atoms in total. The van der Waals surface area contributed by atoms with Gasteiger partial charge in [-0.2, -0.15) is 13.2 Å². The molecule has 0 atom stereocenters. The molecule has 0 aliphatic rings. The Morgan fingerprint density at radius 3 is 2.32 bits per heavy atom. The number of amidine groups is 1. The molecule has 1 aromatic heterocycles. The fourth-order valence-electron chi connectivity index (χ4n) is 2.29. The van der Waals surface area contributed by atoms with Crippen LogP contribution in [-0.4, -0.2) is 22.9 Å². The number of hydrogen-bond donors (Lipinski definition) is 1. The molecule has 2 rings (SSSR count). The summed E-state index contributed by atoms with van der Waals surface area (Å²) < 4.78 is 41.8. The first kappa shape index (κ1) is 26.4. The molecule has 0 saturated heterocycles. The van der Waals surface area contributed by atoms with E-state index in [0.717, 1.165) is 16.8 Å². The average molecular weight is 456 g/mol. The van der Waals surface area contributed by atoms with Crippen molar-refractivity contribution in [3.8, 4) is 5.75 Å². The van der Waals surface area contributed by atoms with Gasteiger partial charge in [-0.15, -0.1) is 24.8 Å². The predicted molar refractivity (Wildman–Crippen MR) is 114 cm³/mol. The summed E-state index contributed by atoms with van der Waals surface area (Å²) in [6, 6.07) is 7.28. The molecule has 0 bridgehead atoms. The minimum Gasteiger partial charge on any atom is -0.484 e. The minimum absolute atomic E-state index is 0. The maximum Gasteiger partial charge on any atom is 0.422 e. The van der Waals surface area contributed by atoms with Crippen LogP contribution in [0.4, 0.5) is 18.9 Å². The summed E-state index contributed by atoms with van der Waals surface area (Å²) in [5.41, 5.74) is 10.0. The standard InChI is InChI=1S/C18H20F3N3OS.2ClH/c1-11-5-4-6-12(2)16(11)24-17(22)26-9-14-13(3)15(7-8-23-14)25-10-18(19,20)21;;/h4-8H,9-10H2,1-3H3,(H2,22,24);2*1H. The molecule has 1 heterocycles. The Labute approximate surface area is 179 Å². The number of thioether (sulfide) groups is 1. The van der Waals surface area contributed by atoms with E-state index in [4.69, 9.17) is 10.5 Å². The molecule has 0 spiro atoms. The van der Waals surface area contributed by atoms with Crippen LogP contribution in [0.15, 0.2) is 35.5 Å². The van der Waals surface area contributed by atoms with Gasteiger partial charge in [-0.1, -0.05) is 30.0 Å². The van der Waals surface area contributed by atoms with Gasteiger partial charge < -0.3 is 10.5 Å². The Morgan fingerprint density at radius 2 is 1.75 bits per heavy atom. The lowest BCUT2D eigenvalue weighted by Gasteiger charge is -2.13. The van der Waals surface area contributed by atoms with Gasteiger partial charge in [0.1, 0.15) is 5.75 Å². The Balaban J connectivity index is 0.00000364. The largest absolute Gasteiger partial charge is 0.484 e. The first-order valence-corrected chi connectivity index (χ1v) is 8.83. The molecule has 28 heavy (non-hydrogen) atoms. The van der Waals surface area contributed by atoms with Crippen LogP contribution in [0.5, 0.6) is 5.75 Å². The van der Waals surface area contributed by atoms with Crippen LogP contribution in [0.2, 0.25) is 0 Å². The van der Waals surface area contributed by atoms with Gasteiger partial charge in [0, 0.05) is 17.5 Å². The number of para-hydroxylation sites is 1. The summed E-state index contributed by atoms with van der Waals surface area (Å²) in [7, 11) is 0. The topological polar surface area (TPSA) is 60.5 Å². The number of aliphatic imine (C=N–C) groups is 1. The van der Waals surface area contributed by atoms with Crippen molar-refractivity contribution in [2.45, 2.75) is 32.7 Å². The minimum atomic E-state index is -4.38. The molecule has 0 aliphatic carbocycles. The SMILES string of the molecule is Cc1cccc(C)c1N=C(N)SCc1nccc(OCC(F)(F)F)c1C.Cl.Cl. The maximum absolute atomic E-state index is 12.3. The molecule has 0 radical (unpaired) electrons. The van der Waals surface area contributed by atoms with Crippen molar-refractivity contribution in [1.29, 1.82) is 0 Å². The highest BCUT2D eigenvalue weighted by Gasteiger charge is 2.28. The van der Waals surface area contributed by atoms with E-state index in [2.05, 4.69) is 9.98 Å². The number of nitrogens with zero attached hydrogens (tertiary/aromatic N) is 2. The number of pyridine rings is 1. The zero-order valence-corrected chi connectivity index (χ0v) is 18.0. The van der Waals surface area contributed by atoms with Crippen LogP contribution in [0.25, 0.3) is 0 Å². The Hall–Kier alpha value is -1.64. The lowest BCUT2D eigenvalue weighted by molar-refractivity contribution is -0.153. The molecule has 0 aliphatic heterocycles. The third kappa shape index (κ3) is 7.77. The monoisotopic (exact) mass is 455 g/mol. The average Bonchev–Trinajstić information content (AvgIpc) is 2.55. The van der Waals surface area contributed by atoms with Gasteiger partial charge in [0.15, 0.2) is 11.8 Å². The summed E-state index contributed by atoms with van der Waals surface area (Å²) >= 11 is 1.28. The maximum atomic E-state index is 12.3. The van der Waals surface area contributed by atoms with Gasteiger partial charge in [-0.05, 0) is 38.0 Å². The van der Waals surface area contributed by atoms with Gasteiger partial charge in [-0.3, -0.25) is 4.98 Å². The second kappa shape index (κ2) is 11.4. The van der Waals surface area contributed by atoms with Crippen molar-refractivity contribution >= 4 is 47.4 Å². The molecule has 10 heteroatoms. The molecular weight excluding hydrogens is 434 g/mol. The molecule has 2 N–H and O–H groups in total. The molecule has 0 fully saturated rings. The van der Waals surface area contributed by atoms with E-state index >= 15 is 0 Å². The van der Waals surface area contributed by atoms with Crippen molar-refractivity contribution in [3.05, 3.63) is 52.8 Å². The number of halogens is 5. The third-order valence-corrected chi connectivity index (χ3v) is 4.47. The number of aromatic nitrogens is 1. The summed E-state index contributed by atoms with van der Waals surface area (Å²) in [5.74, 6) is 0.549. The van der Waals surface area contributed by atoms with E-state index in [1.165, 1.54) is 24.0 Å². The van der Waals surface area contributed by atoms with Crippen molar-refractivity contribution in [3.63, 3.8) is 0 Å². The van der Waals surface area contributed by atoms with E-state index in [0.29, 0.717) is 22.2 Å². The molecule has 0 amide bonds. The highest BCUT2D eigenvalue weighted by atomic mass is 35.5. The molecule has 156 valence electrons. The van der Waals surface area contributed by atoms with Crippen molar-refractivity contribution in [2.24, 2.45) is 10.7 Å². The van der Waals surface area contributed by atoms with Crippen LogP contribution < -0.4 is 10.5 Å². The third-order valence-electron chi connectivity index (χ3n) is 3.67. The van der Waals surface area contributed by atoms with E-state index in [1.807, 2.05) is 32.0 Å². The fourth-order valence-corrected chi connectivity index (χ4v) is 3.02. The first-order chi connectivity index (χ1) is 12.2. The Kier molecular flexibility index (Phi) is 10.7. The second-order valence-electron chi connectivity index (χ2n) is 5.76. The number of nitrogens with two attached hydrogens (primary N) is 1. The Morgan fingerprint density at radius 1 is 1.14 bits per heavy atom. The number of alkyl halides is 3. The van der Waals surface area contributed by atoms with E-state index < -0.39 is 12.8 Å². The normalized spacial score (nSPS) is 11.4. The quantitative estimate of drug-likeness (QED) is 0.465. The molecular formula is C18H22Cl2F3N3OS. The Bertz CT molecular complexity index is 797. The zero-order valence-electron chi connectivity index (χ0n) is 15.5. The number of rotatable bonds is 5. The number of aryl methyl sites for hydroxylation is 2. The van der Waals surface area contributed by atoms with Crippen molar-refractivity contribution in [1.82, 2.24) is 4.98 Å². The van der Waals surface area contributed by atoms with Gasteiger partial charge in [0.05, 0.1) is 11.4 Å². The van der Waals surface area contributed by atoms with Gasteiger partial charge in [0.2, 0.25) is 0 Å². The summed E-state index contributed by atoms with van der Waals surface area (Å²) in [5, 5.41) is 0.366. The van der Waals surface area contributed by atoms with Crippen LogP contribution in [0.1, 0.15) is 22.4 Å². The van der Waals surface area contributed by atoms with Gasteiger partial charge in [-0.25, -0.2) is 4.99 Å². The summed E-state index contributed by atoms with van der Waals surface area (Å²) in [6.07, 6.45) is -2.96. The first-order valence-electron chi connectivity index (χ1n) is 7.84. The van der Waals surface area contributed by atoms with Crippen LogP contribution in [0.3, 0.4) is 0 Å². The van der Waals surface area contributed by atoms with Gasteiger partial charge in [0.25, 0.3) is 0 Å². The lowest BCUT2D eigenvalue weighted by atomic mass is 10.1. The highest BCUT2D eigenvalue weighted by molar-refractivity contribution is 8.13.